The van der Waals surface area contributed by atoms with Crippen molar-refractivity contribution >= 4 is 27.9 Å². The Hall–Kier alpha value is -1.56. The average molecular weight is 329 g/mol. The highest BCUT2D eigenvalue weighted by Crippen LogP contribution is 2.50. The molecule has 0 aromatic heterocycles. The van der Waals surface area contributed by atoms with Gasteiger partial charge in [-0.3, -0.25) is 4.79 Å². The third kappa shape index (κ3) is 2.32. The zero-order valence-electron chi connectivity index (χ0n) is 10.5. The third-order valence-electron chi connectivity index (χ3n) is 3.04. The Bertz CT molecular complexity index is 516. The first kappa shape index (κ1) is 13.9. The standard InChI is InChI=1S/C13H13BrO5/c1-17-10(15)7-13(14)8-5-3-4-6-9(8)19-11(13)12(16)18-2/h3-6,11H,7H2,1-2H3. The lowest BCUT2D eigenvalue weighted by atomic mass is 9.92. The molecule has 5 nitrogen and oxygen atoms in total. The lowest BCUT2D eigenvalue weighted by Crippen LogP contribution is -2.41. The van der Waals surface area contributed by atoms with Crippen molar-refractivity contribution in [2.75, 3.05) is 14.2 Å². The van der Waals surface area contributed by atoms with Crippen molar-refractivity contribution in [1.29, 1.82) is 0 Å². The van der Waals surface area contributed by atoms with E-state index in [9.17, 15) is 9.59 Å². The Morgan fingerprint density at radius 3 is 2.63 bits per heavy atom. The number of carbonyl (C=O) groups is 2. The zero-order valence-corrected chi connectivity index (χ0v) is 12.1. The maximum absolute atomic E-state index is 11.8. The summed E-state index contributed by atoms with van der Waals surface area (Å²) in [7, 11) is 2.58. The summed E-state index contributed by atoms with van der Waals surface area (Å²) in [6.07, 6.45) is -0.950. The van der Waals surface area contributed by atoms with E-state index in [0.717, 1.165) is 5.56 Å². The number of hydrogen-bond acceptors (Lipinski definition) is 5. The molecule has 0 amide bonds. The Kier molecular flexibility index (Phi) is 3.80. The fraction of sp³-hybridized carbons (Fsp3) is 0.385. The van der Waals surface area contributed by atoms with Crippen LogP contribution in [0.15, 0.2) is 24.3 Å². The number of carbonyl (C=O) groups excluding carboxylic acids is 2. The number of benzene rings is 1. The predicted octanol–water partition coefficient (Wildman–Crippen LogP) is 1.77. The minimum Gasteiger partial charge on any atom is -0.476 e. The molecule has 0 fully saturated rings. The highest BCUT2D eigenvalue weighted by atomic mass is 79.9. The Balaban J connectivity index is 2.43. The van der Waals surface area contributed by atoms with Crippen LogP contribution in [-0.4, -0.2) is 32.3 Å². The van der Waals surface area contributed by atoms with Crippen molar-refractivity contribution in [2.24, 2.45) is 0 Å². The van der Waals surface area contributed by atoms with Crippen molar-refractivity contribution in [3.8, 4) is 5.75 Å². The third-order valence-corrected chi connectivity index (χ3v) is 4.16. The molecule has 19 heavy (non-hydrogen) atoms. The monoisotopic (exact) mass is 328 g/mol. The van der Waals surface area contributed by atoms with Crippen LogP contribution in [0.2, 0.25) is 0 Å². The summed E-state index contributed by atoms with van der Waals surface area (Å²) in [6.45, 7) is 0. The highest BCUT2D eigenvalue weighted by Gasteiger charge is 2.53. The molecular weight excluding hydrogens is 316 g/mol. The second-order valence-corrected chi connectivity index (χ2v) is 5.55. The normalized spacial score (nSPS) is 24.3. The molecule has 0 N–H and O–H groups in total. The molecule has 1 aliphatic heterocycles. The number of fused-ring (bicyclic) bond motifs is 1. The number of esters is 2. The van der Waals surface area contributed by atoms with Gasteiger partial charge >= 0.3 is 11.9 Å². The van der Waals surface area contributed by atoms with Crippen molar-refractivity contribution in [3.63, 3.8) is 0 Å². The van der Waals surface area contributed by atoms with E-state index in [1.165, 1.54) is 14.2 Å². The summed E-state index contributed by atoms with van der Waals surface area (Å²) in [5.41, 5.74) is 0.732. The largest absolute Gasteiger partial charge is 0.476 e. The number of alkyl halides is 1. The molecule has 2 atom stereocenters. The van der Waals surface area contributed by atoms with Gasteiger partial charge in [0, 0.05) is 5.56 Å². The number of methoxy groups -OCH3 is 2. The number of ether oxygens (including phenoxy) is 3. The van der Waals surface area contributed by atoms with Gasteiger partial charge in [0.2, 0.25) is 6.10 Å². The van der Waals surface area contributed by atoms with Crippen LogP contribution in [0, 0.1) is 0 Å². The van der Waals surface area contributed by atoms with E-state index in [0.29, 0.717) is 5.75 Å². The molecule has 6 heteroatoms. The lowest BCUT2D eigenvalue weighted by Gasteiger charge is -2.25. The molecule has 102 valence electrons. The molecular formula is C13H13BrO5. The maximum atomic E-state index is 11.8. The van der Waals surface area contributed by atoms with Crippen molar-refractivity contribution in [2.45, 2.75) is 16.8 Å². The van der Waals surface area contributed by atoms with E-state index in [1.807, 2.05) is 6.07 Å². The Morgan fingerprint density at radius 2 is 2.00 bits per heavy atom. The fourth-order valence-corrected chi connectivity index (χ4v) is 2.92. The summed E-state index contributed by atoms with van der Waals surface area (Å²) < 4.78 is 14.0. The fourth-order valence-electron chi connectivity index (χ4n) is 2.09. The Morgan fingerprint density at radius 1 is 1.32 bits per heavy atom. The van der Waals surface area contributed by atoms with E-state index in [-0.39, 0.29) is 6.42 Å². The molecule has 2 unspecified atom stereocenters. The summed E-state index contributed by atoms with van der Waals surface area (Å²) >= 11 is 3.47. The molecule has 2 rings (SSSR count). The molecule has 0 bridgehead atoms. The van der Waals surface area contributed by atoms with Crippen LogP contribution in [0.1, 0.15) is 12.0 Å². The number of hydrogen-bond donors (Lipinski definition) is 0. The molecule has 1 aliphatic rings. The van der Waals surface area contributed by atoms with Crippen LogP contribution in [0.4, 0.5) is 0 Å². The first-order chi connectivity index (χ1) is 9.02. The second kappa shape index (κ2) is 5.21. The van der Waals surface area contributed by atoms with Crippen LogP contribution >= 0.6 is 15.9 Å². The maximum Gasteiger partial charge on any atom is 0.348 e. The molecule has 0 aliphatic carbocycles. The summed E-state index contributed by atoms with van der Waals surface area (Å²) in [4.78, 5) is 23.4. The molecule has 1 heterocycles. The first-order valence-corrected chi connectivity index (χ1v) is 6.42. The van der Waals surface area contributed by atoms with Gasteiger partial charge < -0.3 is 14.2 Å². The zero-order chi connectivity index (χ0) is 14.0. The molecule has 0 saturated heterocycles. The van der Waals surface area contributed by atoms with E-state index in [1.54, 1.807) is 18.2 Å². The number of rotatable bonds is 3. The van der Waals surface area contributed by atoms with Crippen molar-refractivity contribution in [3.05, 3.63) is 29.8 Å². The molecule has 0 saturated carbocycles. The number of para-hydroxylation sites is 1. The first-order valence-electron chi connectivity index (χ1n) is 5.62. The lowest BCUT2D eigenvalue weighted by molar-refractivity contribution is -0.150. The molecule has 1 aromatic carbocycles. The highest BCUT2D eigenvalue weighted by molar-refractivity contribution is 9.09. The van der Waals surface area contributed by atoms with Gasteiger partial charge in [0.15, 0.2) is 0 Å². The Labute approximate surface area is 119 Å². The minimum atomic E-state index is -0.968. The summed E-state index contributed by atoms with van der Waals surface area (Å²) in [6, 6.07) is 7.15. The van der Waals surface area contributed by atoms with Gasteiger partial charge in [0.05, 0.1) is 20.6 Å². The van der Waals surface area contributed by atoms with Gasteiger partial charge in [0.1, 0.15) is 10.1 Å². The van der Waals surface area contributed by atoms with Crippen LogP contribution in [-0.2, 0) is 23.4 Å². The van der Waals surface area contributed by atoms with Gasteiger partial charge in [-0.25, -0.2) is 4.79 Å². The quantitative estimate of drug-likeness (QED) is 0.625. The van der Waals surface area contributed by atoms with E-state index in [2.05, 4.69) is 20.7 Å². The SMILES string of the molecule is COC(=O)CC1(Br)c2ccccc2OC1C(=O)OC. The summed E-state index contributed by atoms with van der Waals surface area (Å²) in [5.74, 6) is -0.429. The molecule has 0 spiro atoms. The van der Waals surface area contributed by atoms with E-state index in [4.69, 9.17) is 9.47 Å². The topological polar surface area (TPSA) is 61.8 Å². The van der Waals surface area contributed by atoms with Crippen LogP contribution in [0.3, 0.4) is 0 Å². The van der Waals surface area contributed by atoms with Crippen LogP contribution in [0.5, 0.6) is 5.75 Å². The van der Waals surface area contributed by atoms with E-state index >= 15 is 0 Å². The van der Waals surface area contributed by atoms with Gasteiger partial charge in [-0.15, -0.1) is 0 Å². The number of halogens is 1. The van der Waals surface area contributed by atoms with Gasteiger partial charge in [-0.2, -0.15) is 0 Å². The van der Waals surface area contributed by atoms with Gasteiger partial charge in [0.25, 0.3) is 0 Å². The van der Waals surface area contributed by atoms with Crippen LogP contribution < -0.4 is 4.74 Å². The average Bonchev–Trinajstić information content (AvgIpc) is 2.71. The smallest absolute Gasteiger partial charge is 0.348 e. The van der Waals surface area contributed by atoms with E-state index < -0.39 is 22.4 Å². The minimum absolute atomic E-state index is 0.0275. The van der Waals surface area contributed by atoms with Gasteiger partial charge in [-0.1, -0.05) is 34.1 Å². The summed E-state index contributed by atoms with van der Waals surface area (Å²) in [5, 5.41) is 0. The second-order valence-electron chi connectivity index (χ2n) is 4.13. The van der Waals surface area contributed by atoms with Crippen molar-refractivity contribution in [1.82, 2.24) is 0 Å². The van der Waals surface area contributed by atoms with Crippen LogP contribution in [0.25, 0.3) is 0 Å². The molecule has 1 aromatic rings. The predicted molar refractivity (Wildman–Crippen MR) is 70.1 cm³/mol. The van der Waals surface area contributed by atoms with Crippen molar-refractivity contribution < 1.29 is 23.8 Å². The molecule has 0 radical (unpaired) electrons. The van der Waals surface area contributed by atoms with Gasteiger partial charge in [-0.05, 0) is 6.07 Å².